The molecule has 0 saturated carbocycles. The molecular weight excluding hydrogens is 423 g/mol. The van der Waals surface area contributed by atoms with Crippen molar-refractivity contribution in [1.29, 1.82) is 0 Å². The maximum Gasteiger partial charge on any atom is 0.419 e. The van der Waals surface area contributed by atoms with Crippen LogP contribution in [0.5, 0.6) is 11.5 Å². The highest BCUT2D eigenvalue weighted by atomic mass is 19.4. The number of hydrogen-bond acceptors (Lipinski definition) is 4. The van der Waals surface area contributed by atoms with Crippen molar-refractivity contribution in [2.75, 3.05) is 20.2 Å². The summed E-state index contributed by atoms with van der Waals surface area (Å²) < 4.78 is 52.5. The number of amides is 1. The quantitative estimate of drug-likeness (QED) is 0.580. The zero-order chi connectivity index (χ0) is 22.9. The van der Waals surface area contributed by atoms with E-state index < -0.39 is 17.8 Å². The van der Waals surface area contributed by atoms with E-state index in [-0.39, 0.29) is 18.2 Å². The Bertz CT molecular complexity index is 1130. The Morgan fingerprint density at radius 3 is 2.62 bits per heavy atom. The van der Waals surface area contributed by atoms with Gasteiger partial charge in [-0.25, -0.2) is 4.98 Å². The molecule has 2 heterocycles. The molecule has 1 saturated heterocycles. The summed E-state index contributed by atoms with van der Waals surface area (Å²) in [5.41, 5.74) is 1.21. The van der Waals surface area contributed by atoms with Crippen LogP contribution in [0.2, 0.25) is 0 Å². The average molecular weight is 445 g/mol. The summed E-state index contributed by atoms with van der Waals surface area (Å²) in [5, 5.41) is 0. The first kappa shape index (κ1) is 21.7. The molecule has 2 aromatic carbocycles. The van der Waals surface area contributed by atoms with Crippen LogP contribution in [0.3, 0.4) is 0 Å². The Kier molecular flexibility index (Phi) is 5.82. The van der Waals surface area contributed by atoms with Gasteiger partial charge in [-0.05, 0) is 37.3 Å². The highest BCUT2D eigenvalue weighted by Crippen LogP contribution is 2.37. The molecule has 0 N–H and O–H groups in total. The molecule has 0 bridgehead atoms. The summed E-state index contributed by atoms with van der Waals surface area (Å²) >= 11 is 0. The van der Waals surface area contributed by atoms with Crippen LogP contribution in [0.25, 0.3) is 5.69 Å². The van der Waals surface area contributed by atoms with Crippen molar-refractivity contribution in [2.24, 2.45) is 0 Å². The number of alkyl halides is 3. The molecule has 0 radical (unpaired) electrons. The maximum absolute atomic E-state index is 13.2. The van der Waals surface area contributed by atoms with Crippen molar-refractivity contribution in [3.05, 3.63) is 71.8 Å². The number of nitrogens with zero attached hydrogens (tertiary/aromatic N) is 3. The van der Waals surface area contributed by atoms with Crippen molar-refractivity contribution in [3.8, 4) is 17.2 Å². The first-order valence-electron chi connectivity index (χ1n) is 10.1. The Hall–Kier alpha value is -3.49. The van der Waals surface area contributed by atoms with E-state index >= 15 is 0 Å². The first-order chi connectivity index (χ1) is 15.3. The zero-order valence-electron chi connectivity index (χ0n) is 17.6. The molecule has 0 spiro atoms. The number of rotatable bonds is 5. The number of hydrogen-bond donors (Lipinski definition) is 0. The lowest BCUT2D eigenvalue weighted by molar-refractivity contribution is -0.139. The van der Waals surface area contributed by atoms with Crippen LogP contribution in [0.15, 0.2) is 55.0 Å². The predicted molar refractivity (Wildman–Crippen MR) is 111 cm³/mol. The largest absolute Gasteiger partial charge is 0.495 e. The lowest BCUT2D eigenvalue weighted by Crippen LogP contribution is -2.31. The Balaban J connectivity index is 1.48. The van der Waals surface area contributed by atoms with Gasteiger partial charge in [-0.2, -0.15) is 13.2 Å². The maximum atomic E-state index is 13.2. The molecule has 0 unspecified atom stereocenters. The summed E-state index contributed by atoms with van der Waals surface area (Å²) in [4.78, 5) is 18.8. The number of para-hydroxylation sites is 1. The topological polar surface area (TPSA) is 56.6 Å². The monoisotopic (exact) mass is 445 g/mol. The predicted octanol–water partition coefficient (Wildman–Crippen LogP) is 4.50. The summed E-state index contributed by atoms with van der Waals surface area (Å²) in [5.74, 6) is 0.0622. The standard InChI is InChI=1S/C23H22F3N3O3/c1-15-12-29(14-27-15)19-8-7-16(11-21(19)31-2)22(30)28-10-9-17(13-28)32-20-6-4-3-5-18(20)23(24,25)26/h3-8,11-12,14,17H,9-10,13H2,1-2H3/t17-/m0/s1. The second kappa shape index (κ2) is 8.57. The van der Waals surface area contributed by atoms with Crippen LogP contribution < -0.4 is 9.47 Å². The van der Waals surface area contributed by atoms with Crippen molar-refractivity contribution in [2.45, 2.75) is 25.6 Å². The van der Waals surface area contributed by atoms with Gasteiger partial charge < -0.3 is 18.9 Å². The third-order valence-electron chi connectivity index (χ3n) is 5.33. The number of halogens is 3. The van der Waals surface area contributed by atoms with Crippen LogP contribution in [-0.4, -0.2) is 46.7 Å². The molecule has 32 heavy (non-hydrogen) atoms. The lowest BCUT2D eigenvalue weighted by atomic mass is 10.1. The van der Waals surface area contributed by atoms with Crippen molar-refractivity contribution < 1.29 is 27.4 Å². The minimum atomic E-state index is -4.50. The Morgan fingerprint density at radius 1 is 1.16 bits per heavy atom. The molecule has 1 aromatic heterocycles. The van der Waals surface area contributed by atoms with Crippen molar-refractivity contribution in [3.63, 3.8) is 0 Å². The molecule has 1 fully saturated rings. The lowest BCUT2D eigenvalue weighted by Gasteiger charge is -2.20. The Morgan fingerprint density at radius 2 is 1.94 bits per heavy atom. The molecule has 1 aliphatic heterocycles. The molecule has 1 amide bonds. The number of ether oxygens (including phenoxy) is 2. The highest BCUT2D eigenvalue weighted by Gasteiger charge is 2.36. The van der Waals surface area contributed by atoms with Gasteiger partial charge >= 0.3 is 6.18 Å². The van der Waals surface area contributed by atoms with Gasteiger partial charge in [0.15, 0.2) is 0 Å². The number of methoxy groups -OCH3 is 1. The fourth-order valence-electron chi connectivity index (χ4n) is 3.75. The summed E-state index contributed by atoms with van der Waals surface area (Å²) in [6.07, 6.45) is -1.06. The van der Waals surface area contributed by atoms with Crippen molar-refractivity contribution in [1.82, 2.24) is 14.5 Å². The SMILES string of the molecule is COc1cc(C(=O)N2CC[C@H](Oc3ccccc3C(F)(F)F)C2)ccc1-n1cnc(C)c1. The summed E-state index contributed by atoms with van der Waals surface area (Å²) in [6, 6.07) is 10.2. The number of aryl methyl sites for hydroxylation is 1. The molecule has 3 aromatic rings. The molecule has 1 aliphatic rings. The number of likely N-dealkylation sites (tertiary alicyclic amines) is 1. The Labute approximate surface area is 183 Å². The number of aromatic nitrogens is 2. The minimum absolute atomic E-state index is 0.204. The second-order valence-corrected chi connectivity index (χ2v) is 7.58. The van der Waals surface area contributed by atoms with E-state index in [1.165, 1.54) is 25.3 Å². The molecule has 4 rings (SSSR count). The summed E-state index contributed by atoms with van der Waals surface area (Å²) in [7, 11) is 1.52. The average Bonchev–Trinajstić information content (AvgIpc) is 3.41. The van der Waals surface area contributed by atoms with E-state index in [2.05, 4.69) is 4.98 Å². The van der Waals surface area contributed by atoms with Crippen molar-refractivity contribution >= 4 is 5.91 Å². The number of carbonyl (C=O) groups excluding carboxylic acids is 1. The van der Waals surface area contributed by atoms with Crippen LogP contribution in [0.1, 0.15) is 28.0 Å². The van der Waals surface area contributed by atoms with Gasteiger partial charge in [0.25, 0.3) is 5.91 Å². The van der Waals surface area contributed by atoms with Gasteiger partial charge in [-0.15, -0.1) is 0 Å². The molecule has 1 atom stereocenters. The van der Waals surface area contributed by atoms with Crippen LogP contribution >= 0.6 is 0 Å². The first-order valence-corrected chi connectivity index (χ1v) is 10.1. The minimum Gasteiger partial charge on any atom is -0.495 e. The van der Waals surface area contributed by atoms with E-state index in [1.807, 2.05) is 13.1 Å². The third kappa shape index (κ3) is 4.42. The fraction of sp³-hybridized carbons (Fsp3) is 0.304. The van der Waals surface area contributed by atoms with Crippen LogP contribution in [0.4, 0.5) is 13.2 Å². The normalized spacial score (nSPS) is 16.3. The zero-order valence-corrected chi connectivity index (χ0v) is 17.6. The second-order valence-electron chi connectivity index (χ2n) is 7.58. The number of imidazole rings is 1. The van der Waals surface area contributed by atoms with E-state index in [0.29, 0.717) is 24.3 Å². The van der Waals surface area contributed by atoms with E-state index in [4.69, 9.17) is 9.47 Å². The van der Waals surface area contributed by atoms with Crippen LogP contribution in [-0.2, 0) is 6.18 Å². The van der Waals surface area contributed by atoms with E-state index in [9.17, 15) is 18.0 Å². The number of benzene rings is 2. The van der Waals surface area contributed by atoms with Gasteiger partial charge in [-0.3, -0.25) is 4.79 Å². The van der Waals surface area contributed by atoms with Gasteiger partial charge in [0.1, 0.15) is 17.6 Å². The summed E-state index contributed by atoms with van der Waals surface area (Å²) in [6.45, 7) is 2.47. The third-order valence-corrected chi connectivity index (χ3v) is 5.33. The molecule has 6 nitrogen and oxygen atoms in total. The molecule has 0 aliphatic carbocycles. The van der Waals surface area contributed by atoms with E-state index in [1.54, 1.807) is 34.0 Å². The van der Waals surface area contributed by atoms with Gasteiger partial charge in [-0.1, -0.05) is 12.1 Å². The van der Waals surface area contributed by atoms with Crippen LogP contribution in [0, 0.1) is 6.92 Å². The van der Waals surface area contributed by atoms with Gasteiger partial charge in [0, 0.05) is 24.7 Å². The van der Waals surface area contributed by atoms with Gasteiger partial charge in [0.2, 0.25) is 0 Å². The fourth-order valence-corrected chi connectivity index (χ4v) is 3.75. The smallest absolute Gasteiger partial charge is 0.419 e. The number of carbonyl (C=O) groups is 1. The molecule has 9 heteroatoms. The van der Waals surface area contributed by atoms with E-state index in [0.717, 1.165) is 17.4 Å². The molecule has 168 valence electrons. The highest BCUT2D eigenvalue weighted by molar-refractivity contribution is 5.95. The molecular formula is C23H22F3N3O3. The van der Waals surface area contributed by atoms with Gasteiger partial charge in [0.05, 0.1) is 36.9 Å².